The fourth-order valence-corrected chi connectivity index (χ4v) is 2.09. The van der Waals surface area contributed by atoms with Crippen molar-refractivity contribution >= 4 is 23.2 Å². The second-order valence-corrected chi connectivity index (χ2v) is 5.16. The molecule has 4 nitrogen and oxygen atoms in total. The molecule has 0 saturated heterocycles. The lowest BCUT2D eigenvalue weighted by Crippen LogP contribution is -2.12. The minimum Gasteiger partial charge on any atom is -0.319 e. The summed E-state index contributed by atoms with van der Waals surface area (Å²) in [6.07, 6.45) is 2.85. The van der Waals surface area contributed by atoms with Crippen molar-refractivity contribution < 1.29 is 13.6 Å². The van der Waals surface area contributed by atoms with Gasteiger partial charge < -0.3 is 5.32 Å². The van der Waals surface area contributed by atoms with Crippen LogP contribution < -0.4 is 5.32 Å². The Kier molecular flexibility index (Phi) is 4.08. The quantitative estimate of drug-likeness (QED) is 0.785. The second kappa shape index (κ2) is 6.18. The zero-order valence-corrected chi connectivity index (χ0v) is 12.4. The zero-order valence-electron chi connectivity index (χ0n) is 11.6. The van der Waals surface area contributed by atoms with Crippen LogP contribution in [0.5, 0.6) is 0 Å². The molecule has 1 amide bonds. The van der Waals surface area contributed by atoms with Crippen molar-refractivity contribution in [2.75, 3.05) is 5.32 Å². The summed E-state index contributed by atoms with van der Waals surface area (Å²) < 4.78 is 27.9. The van der Waals surface area contributed by atoms with Crippen LogP contribution in [-0.2, 0) is 0 Å². The van der Waals surface area contributed by atoms with E-state index in [1.807, 2.05) is 0 Å². The first-order chi connectivity index (χ1) is 11.0. The lowest BCUT2D eigenvalue weighted by atomic mass is 10.2. The Morgan fingerprint density at radius 2 is 1.87 bits per heavy atom. The van der Waals surface area contributed by atoms with Gasteiger partial charge in [-0.3, -0.25) is 4.79 Å². The van der Waals surface area contributed by atoms with Gasteiger partial charge in [0.25, 0.3) is 5.91 Å². The molecule has 7 heteroatoms. The average Bonchev–Trinajstić information content (AvgIpc) is 3.01. The van der Waals surface area contributed by atoms with E-state index >= 15 is 0 Å². The molecule has 2 aromatic carbocycles. The Bertz CT molecular complexity index is 862. The maximum absolute atomic E-state index is 13.5. The predicted molar refractivity (Wildman–Crippen MR) is 82.9 cm³/mol. The molecular weight excluding hydrogens is 324 g/mol. The van der Waals surface area contributed by atoms with Gasteiger partial charge in [-0.1, -0.05) is 11.6 Å². The number of nitrogens with zero attached hydrogens (tertiary/aromatic N) is 2. The first-order valence-electron chi connectivity index (χ1n) is 6.60. The molecule has 0 aliphatic heterocycles. The van der Waals surface area contributed by atoms with E-state index < -0.39 is 17.5 Å². The number of amides is 1. The Morgan fingerprint density at radius 3 is 2.57 bits per heavy atom. The van der Waals surface area contributed by atoms with Crippen LogP contribution in [0.3, 0.4) is 0 Å². The Hall–Kier alpha value is -2.73. The normalized spacial score (nSPS) is 10.6. The first kappa shape index (κ1) is 15.2. The molecule has 0 fully saturated rings. The summed E-state index contributed by atoms with van der Waals surface area (Å²) in [5, 5.41) is 7.04. The summed E-state index contributed by atoms with van der Waals surface area (Å²) >= 11 is 5.82. The lowest BCUT2D eigenvalue weighted by Gasteiger charge is -2.04. The SMILES string of the molecule is O=C(Nc1ccc(F)cc1F)c1cnn(-c2ccc(Cl)cc2)c1. The van der Waals surface area contributed by atoms with Crippen molar-refractivity contribution in [3.05, 3.63) is 77.1 Å². The van der Waals surface area contributed by atoms with Gasteiger partial charge in [-0.2, -0.15) is 5.10 Å². The van der Waals surface area contributed by atoms with Crippen LogP contribution in [0.15, 0.2) is 54.9 Å². The Balaban J connectivity index is 1.79. The Labute approximate surface area is 135 Å². The standard InChI is InChI=1S/C16H10ClF2N3O/c17-11-1-4-13(5-2-11)22-9-10(8-20-22)16(23)21-15-6-3-12(18)7-14(15)19/h1-9H,(H,21,23). The van der Waals surface area contributed by atoms with Crippen molar-refractivity contribution in [2.24, 2.45) is 0 Å². The molecule has 0 aliphatic rings. The van der Waals surface area contributed by atoms with Gasteiger partial charge in [0.2, 0.25) is 0 Å². The molecule has 116 valence electrons. The molecule has 0 atom stereocenters. The van der Waals surface area contributed by atoms with Crippen molar-refractivity contribution in [1.82, 2.24) is 9.78 Å². The molecule has 23 heavy (non-hydrogen) atoms. The molecule has 3 rings (SSSR count). The third-order valence-corrected chi connectivity index (χ3v) is 3.37. The van der Waals surface area contributed by atoms with E-state index in [0.29, 0.717) is 11.1 Å². The van der Waals surface area contributed by atoms with E-state index in [0.717, 1.165) is 17.8 Å². The van der Waals surface area contributed by atoms with Crippen LogP contribution in [0, 0.1) is 11.6 Å². The van der Waals surface area contributed by atoms with Gasteiger partial charge in [-0.25, -0.2) is 13.5 Å². The number of aromatic nitrogens is 2. The number of anilines is 1. The van der Waals surface area contributed by atoms with Crippen LogP contribution >= 0.6 is 11.6 Å². The van der Waals surface area contributed by atoms with Gasteiger partial charge in [0.05, 0.1) is 23.1 Å². The Morgan fingerprint density at radius 1 is 1.13 bits per heavy atom. The van der Waals surface area contributed by atoms with Gasteiger partial charge >= 0.3 is 0 Å². The van der Waals surface area contributed by atoms with E-state index in [1.165, 1.54) is 17.1 Å². The highest BCUT2D eigenvalue weighted by molar-refractivity contribution is 6.30. The number of hydrogen-bond donors (Lipinski definition) is 1. The topological polar surface area (TPSA) is 46.9 Å². The minimum atomic E-state index is -0.844. The molecular formula is C16H10ClF2N3O. The maximum Gasteiger partial charge on any atom is 0.258 e. The summed E-state index contributed by atoms with van der Waals surface area (Å²) in [4.78, 5) is 12.1. The van der Waals surface area contributed by atoms with Crippen LogP contribution in [-0.4, -0.2) is 15.7 Å². The van der Waals surface area contributed by atoms with E-state index in [4.69, 9.17) is 11.6 Å². The molecule has 0 bridgehead atoms. The first-order valence-corrected chi connectivity index (χ1v) is 6.98. The fourth-order valence-electron chi connectivity index (χ4n) is 1.96. The smallest absolute Gasteiger partial charge is 0.258 e. The summed E-state index contributed by atoms with van der Waals surface area (Å²) in [6.45, 7) is 0. The molecule has 1 heterocycles. The number of carbonyl (C=O) groups is 1. The highest BCUT2D eigenvalue weighted by Gasteiger charge is 2.12. The highest BCUT2D eigenvalue weighted by Crippen LogP contribution is 2.17. The number of benzene rings is 2. The van der Waals surface area contributed by atoms with E-state index in [9.17, 15) is 13.6 Å². The van der Waals surface area contributed by atoms with E-state index in [2.05, 4.69) is 10.4 Å². The van der Waals surface area contributed by atoms with Crippen LogP contribution in [0.2, 0.25) is 5.02 Å². The summed E-state index contributed by atoms with van der Waals surface area (Å²) in [5.74, 6) is -2.10. The van der Waals surface area contributed by atoms with E-state index in [-0.39, 0.29) is 11.3 Å². The molecule has 1 N–H and O–H groups in total. The summed E-state index contributed by atoms with van der Waals surface area (Å²) in [5.41, 5.74) is 0.862. The van der Waals surface area contributed by atoms with Crippen molar-refractivity contribution in [2.45, 2.75) is 0 Å². The van der Waals surface area contributed by atoms with Gasteiger partial charge in [-0.15, -0.1) is 0 Å². The molecule has 0 aliphatic carbocycles. The number of nitrogens with one attached hydrogen (secondary N) is 1. The van der Waals surface area contributed by atoms with Crippen LogP contribution in [0.4, 0.5) is 14.5 Å². The monoisotopic (exact) mass is 333 g/mol. The van der Waals surface area contributed by atoms with Crippen LogP contribution in [0.1, 0.15) is 10.4 Å². The molecule has 0 spiro atoms. The highest BCUT2D eigenvalue weighted by atomic mass is 35.5. The molecule has 0 saturated carbocycles. The molecule has 0 unspecified atom stereocenters. The predicted octanol–water partition coefficient (Wildman–Crippen LogP) is 4.06. The minimum absolute atomic E-state index is 0.101. The summed E-state index contributed by atoms with van der Waals surface area (Å²) in [7, 11) is 0. The van der Waals surface area contributed by atoms with Gasteiger partial charge in [0, 0.05) is 17.3 Å². The zero-order chi connectivity index (χ0) is 16.4. The largest absolute Gasteiger partial charge is 0.319 e. The molecule has 0 radical (unpaired) electrons. The molecule has 1 aromatic heterocycles. The third-order valence-electron chi connectivity index (χ3n) is 3.12. The second-order valence-electron chi connectivity index (χ2n) is 4.73. The lowest BCUT2D eigenvalue weighted by molar-refractivity contribution is 0.102. The van der Waals surface area contributed by atoms with Crippen molar-refractivity contribution in [3.63, 3.8) is 0 Å². The van der Waals surface area contributed by atoms with Gasteiger partial charge in [-0.05, 0) is 36.4 Å². The van der Waals surface area contributed by atoms with Gasteiger partial charge in [0.15, 0.2) is 0 Å². The van der Waals surface area contributed by atoms with Crippen molar-refractivity contribution in [3.8, 4) is 5.69 Å². The fraction of sp³-hybridized carbons (Fsp3) is 0. The van der Waals surface area contributed by atoms with Crippen LogP contribution in [0.25, 0.3) is 5.69 Å². The van der Waals surface area contributed by atoms with E-state index in [1.54, 1.807) is 24.3 Å². The van der Waals surface area contributed by atoms with Crippen molar-refractivity contribution in [1.29, 1.82) is 0 Å². The number of rotatable bonds is 3. The third kappa shape index (κ3) is 3.37. The summed E-state index contributed by atoms with van der Waals surface area (Å²) in [6, 6.07) is 9.82. The van der Waals surface area contributed by atoms with Gasteiger partial charge in [0.1, 0.15) is 11.6 Å². The number of hydrogen-bond acceptors (Lipinski definition) is 2. The maximum atomic E-state index is 13.5. The number of halogens is 3. The number of carbonyl (C=O) groups excluding carboxylic acids is 1. The molecule has 3 aromatic rings. The average molecular weight is 334 g/mol.